The number of furan rings is 1. The number of ether oxygens (including phenoxy) is 2. The highest BCUT2D eigenvalue weighted by atomic mass is 16.5. The van der Waals surface area contributed by atoms with Crippen LogP contribution in [-0.4, -0.2) is 43.6 Å². The molecule has 0 bridgehead atoms. The zero-order chi connectivity index (χ0) is 15.2. The van der Waals surface area contributed by atoms with Crippen LogP contribution in [0.15, 0.2) is 16.7 Å². The first kappa shape index (κ1) is 15.6. The Bertz CT molecular complexity index is 496. The molecule has 0 amide bonds. The van der Waals surface area contributed by atoms with Crippen molar-refractivity contribution < 1.29 is 23.5 Å². The van der Waals surface area contributed by atoms with Crippen molar-refractivity contribution in [2.75, 3.05) is 26.8 Å². The van der Waals surface area contributed by atoms with Gasteiger partial charge in [0.1, 0.15) is 11.3 Å². The fraction of sp³-hybridized carbons (Fsp3) is 0.600. The minimum absolute atomic E-state index is 0.102. The first-order chi connectivity index (χ1) is 10.2. The molecule has 116 valence electrons. The second kappa shape index (κ2) is 7.26. The average molecular weight is 295 g/mol. The lowest BCUT2D eigenvalue weighted by Crippen LogP contribution is -2.39. The van der Waals surface area contributed by atoms with E-state index in [2.05, 4.69) is 4.90 Å². The molecule has 1 aliphatic rings. The summed E-state index contributed by atoms with van der Waals surface area (Å²) in [5, 5.41) is 0. The number of piperidine rings is 1. The number of hydrogen-bond acceptors (Lipinski definition) is 6. The summed E-state index contributed by atoms with van der Waals surface area (Å²) >= 11 is 0. The van der Waals surface area contributed by atoms with Gasteiger partial charge in [-0.15, -0.1) is 0 Å². The van der Waals surface area contributed by atoms with E-state index in [1.54, 1.807) is 6.07 Å². The second-order valence-electron chi connectivity index (χ2n) is 5.08. The first-order valence-electron chi connectivity index (χ1n) is 7.19. The molecule has 2 rings (SSSR count). The van der Waals surface area contributed by atoms with E-state index >= 15 is 0 Å². The molecule has 0 unspecified atom stereocenters. The molecule has 2 heterocycles. The maximum absolute atomic E-state index is 11.8. The summed E-state index contributed by atoms with van der Waals surface area (Å²) in [6.07, 6.45) is 3.25. The van der Waals surface area contributed by atoms with Crippen LogP contribution < -0.4 is 0 Å². The Labute approximate surface area is 124 Å². The normalized spacial score (nSPS) is 19.2. The second-order valence-corrected chi connectivity index (χ2v) is 5.08. The lowest BCUT2D eigenvalue weighted by atomic mass is 9.98. The van der Waals surface area contributed by atoms with Crippen molar-refractivity contribution in [1.82, 2.24) is 4.90 Å². The molecule has 0 N–H and O–H groups in total. The molecule has 0 aromatic carbocycles. The topological polar surface area (TPSA) is 69.0 Å². The van der Waals surface area contributed by atoms with Crippen LogP contribution in [-0.2, 0) is 20.8 Å². The monoisotopic (exact) mass is 295 g/mol. The quantitative estimate of drug-likeness (QED) is 0.772. The minimum Gasteiger partial charge on any atom is -0.467 e. The van der Waals surface area contributed by atoms with E-state index in [4.69, 9.17) is 13.9 Å². The lowest BCUT2D eigenvalue weighted by Gasteiger charge is -2.30. The number of likely N-dealkylation sites (tertiary alicyclic amines) is 1. The van der Waals surface area contributed by atoms with Crippen molar-refractivity contribution in [1.29, 1.82) is 0 Å². The average Bonchev–Trinajstić information content (AvgIpc) is 2.95. The van der Waals surface area contributed by atoms with Crippen LogP contribution >= 0.6 is 0 Å². The van der Waals surface area contributed by atoms with E-state index in [9.17, 15) is 9.59 Å². The molecule has 0 saturated carbocycles. The maximum Gasteiger partial charge on any atom is 0.341 e. The van der Waals surface area contributed by atoms with E-state index in [0.717, 1.165) is 19.4 Å². The Kier molecular flexibility index (Phi) is 5.38. The van der Waals surface area contributed by atoms with Crippen LogP contribution in [0, 0.1) is 5.92 Å². The smallest absolute Gasteiger partial charge is 0.341 e. The predicted octanol–water partition coefficient (Wildman–Crippen LogP) is 1.84. The molecule has 6 nitrogen and oxygen atoms in total. The van der Waals surface area contributed by atoms with Gasteiger partial charge < -0.3 is 13.9 Å². The fourth-order valence-corrected chi connectivity index (χ4v) is 2.61. The van der Waals surface area contributed by atoms with Crippen molar-refractivity contribution in [3.63, 3.8) is 0 Å². The Morgan fingerprint density at radius 1 is 1.48 bits per heavy atom. The van der Waals surface area contributed by atoms with E-state index in [1.165, 1.54) is 13.4 Å². The number of hydrogen-bond donors (Lipinski definition) is 0. The van der Waals surface area contributed by atoms with E-state index < -0.39 is 5.97 Å². The number of carbonyl (C=O) groups is 2. The van der Waals surface area contributed by atoms with E-state index in [-0.39, 0.29) is 11.9 Å². The number of nitrogens with zero attached hydrogens (tertiary/aromatic N) is 1. The molecule has 0 aliphatic carbocycles. The van der Waals surface area contributed by atoms with Gasteiger partial charge in [-0.05, 0) is 32.4 Å². The van der Waals surface area contributed by atoms with E-state index in [0.29, 0.717) is 31.0 Å². The van der Waals surface area contributed by atoms with Crippen LogP contribution in [0.5, 0.6) is 0 Å². The van der Waals surface area contributed by atoms with Gasteiger partial charge in [0.05, 0.1) is 32.4 Å². The first-order valence-corrected chi connectivity index (χ1v) is 7.19. The SMILES string of the molecule is CCOC(=O)[C@H]1CCCN(Cc2occc2C(=O)OC)C1. The Hall–Kier alpha value is -1.82. The van der Waals surface area contributed by atoms with Crippen LogP contribution in [0.2, 0.25) is 0 Å². The summed E-state index contributed by atoms with van der Waals surface area (Å²) in [5.74, 6) is -0.0749. The summed E-state index contributed by atoms with van der Waals surface area (Å²) < 4.78 is 15.2. The Morgan fingerprint density at radius 3 is 3.00 bits per heavy atom. The van der Waals surface area contributed by atoms with Gasteiger partial charge >= 0.3 is 11.9 Å². The van der Waals surface area contributed by atoms with Gasteiger partial charge in [0.25, 0.3) is 0 Å². The Balaban J connectivity index is 1.98. The molecule has 0 radical (unpaired) electrons. The van der Waals surface area contributed by atoms with Crippen LogP contribution in [0.1, 0.15) is 35.9 Å². The van der Waals surface area contributed by atoms with Gasteiger partial charge in [-0.25, -0.2) is 4.79 Å². The summed E-state index contributed by atoms with van der Waals surface area (Å²) in [7, 11) is 1.34. The van der Waals surface area contributed by atoms with Gasteiger partial charge in [0.15, 0.2) is 0 Å². The number of methoxy groups -OCH3 is 1. The molecule has 1 saturated heterocycles. The zero-order valence-corrected chi connectivity index (χ0v) is 12.5. The van der Waals surface area contributed by atoms with Crippen molar-refractivity contribution >= 4 is 11.9 Å². The third kappa shape index (κ3) is 3.85. The van der Waals surface area contributed by atoms with Gasteiger partial charge in [-0.2, -0.15) is 0 Å². The highest BCUT2D eigenvalue weighted by molar-refractivity contribution is 5.90. The number of rotatable bonds is 5. The molecule has 1 atom stereocenters. The summed E-state index contributed by atoms with van der Waals surface area (Å²) in [6.45, 7) is 4.20. The highest BCUT2D eigenvalue weighted by Crippen LogP contribution is 2.21. The fourth-order valence-electron chi connectivity index (χ4n) is 2.61. The lowest BCUT2D eigenvalue weighted by molar-refractivity contribution is -0.150. The van der Waals surface area contributed by atoms with Crippen molar-refractivity contribution in [2.45, 2.75) is 26.3 Å². The van der Waals surface area contributed by atoms with Gasteiger partial charge in [0, 0.05) is 6.54 Å². The number of esters is 2. The standard InChI is InChI=1S/C15H21NO5/c1-3-20-14(17)11-5-4-7-16(9-11)10-13-12(6-8-21-13)15(18)19-2/h6,8,11H,3-5,7,9-10H2,1-2H3/t11-/m0/s1. The van der Waals surface area contributed by atoms with Gasteiger partial charge in [0.2, 0.25) is 0 Å². The molecule has 1 aliphatic heterocycles. The molecular weight excluding hydrogens is 274 g/mol. The minimum atomic E-state index is -0.405. The van der Waals surface area contributed by atoms with Gasteiger partial charge in [-0.1, -0.05) is 0 Å². The summed E-state index contributed by atoms with van der Waals surface area (Å²) in [5.41, 5.74) is 0.441. The maximum atomic E-state index is 11.8. The van der Waals surface area contributed by atoms with Crippen LogP contribution in [0.4, 0.5) is 0 Å². The van der Waals surface area contributed by atoms with Gasteiger partial charge in [-0.3, -0.25) is 9.69 Å². The zero-order valence-electron chi connectivity index (χ0n) is 12.5. The van der Waals surface area contributed by atoms with Crippen LogP contribution in [0.3, 0.4) is 0 Å². The van der Waals surface area contributed by atoms with Crippen LogP contribution in [0.25, 0.3) is 0 Å². The Morgan fingerprint density at radius 2 is 2.29 bits per heavy atom. The summed E-state index contributed by atoms with van der Waals surface area (Å²) in [6, 6.07) is 1.61. The molecule has 6 heteroatoms. The molecule has 1 fully saturated rings. The predicted molar refractivity (Wildman–Crippen MR) is 74.7 cm³/mol. The number of carbonyl (C=O) groups excluding carboxylic acids is 2. The third-order valence-corrected chi connectivity index (χ3v) is 3.64. The summed E-state index contributed by atoms with van der Waals surface area (Å²) in [4.78, 5) is 25.5. The molecule has 1 aromatic rings. The molecule has 0 spiro atoms. The third-order valence-electron chi connectivity index (χ3n) is 3.64. The van der Waals surface area contributed by atoms with Crippen molar-refractivity contribution in [2.24, 2.45) is 5.92 Å². The largest absolute Gasteiger partial charge is 0.467 e. The van der Waals surface area contributed by atoms with E-state index in [1.807, 2.05) is 6.92 Å². The molecule has 21 heavy (non-hydrogen) atoms. The molecule has 1 aromatic heterocycles. The highest BCUT2D eigenvalue weighted by Gasteiger charge is 2.28. The van der Waals surface area contributed by atoms with Crippen molar-refractivity contribution in [3.8, 4) is 0 Å². The molecular formula is C15H21NO5. The van der Waals surface area contributed by atoms with Crippen molar-refractivity contribution in [3.05, 3.63) is 23.7 Å².